The maximum Gasteiger partial charge on any atom is 0.413 e. The van der Waals surface area contributed by atoms with Crippen molar-refractivity contribution in [3.8, 4) is 0 Å². The molecule has 0 aliphatic heterocycles. The van der Waals surface area contributed by atoms with Crippen LogP contribution in [0.25, 0.3) is 0 Å². The van der Waals surface area contributed by atoms with Gasteiger partial charge in [-0.25, -0.2) is 9.59 Å². The molecule has 25 heavy (non-hydrogen) atoms. The summed E-state index contributed by atoms with van der Waals surface area (Å²) >= 11 is 17.3. The van der Waals surface area contributed by atoms with Gasteiger partial charge < -0.3 is 10.1 Å². The van der Waals surface area contributed by atoms with Crippen molar-refractivity contribution in [3.63, 3.8) is 0 Å². The molecule has 1 atom stereocenters. The molecule has 0 saturated carbocycles. The number of amides is 3. The Kier molecular flexibility index (Phi) is 6.75. The Morgan fingerprint density at radius 3 is 1.80 bits per heavy atom. The highest BCUT2D eigenvalue weighted by Gasteiger charge is 2.37. The number of halogens is 3. The summed E-state index contributed by atoms with van der Waals surface area (Å²) in [4.78, 5) is 23.9. The van der Waals surface area contributed by atoms with Crippen molar-refractivity contribution in [2.45, 2.75) is 10.0 Å². The average Bonchev–Trinajstić information content (AvgIpc) is 2.55. The summed E-state index contributed by atoms with van der Waals surface area (Å²) in [7, 11) is 0. The molecule has 132 valence electrons. The Bertz CT molecular complexity index is 653. The molecule has 2 aromatic carbocycles. The molecule has 0 saturated heterocycles. The number of rotatable bonds is 4. The number of urea groups is 1. The van der Waals surface area contributed by atoms with Crippen LogP contribution in [0, 0.1) is 0 Å². The average molecular weight is 403 g/mol. The second-order valence-electron chi connectivity index (χ2n) is 4.78. The molecular formula is C16H14Cl3N3O3. The van der Waals surface area contributed by atoms with Crippen molar-refractivity contribution in [3.05, 3.63) is 60.7 Å². The third-order valence-electron chi connectivity index (χ3n) is 2.84. The number of nitrogens with one attached hydrogen (secondary N) is 3. The fourth-order valence-corrected chi connectivity index (χ4v) is 2.06. The van der Waals surface area contributed by atoms with Gasteiger partial charge in [-0.3, -0.25) is 10.6 Å². The van der Waals surface area contributed by atoms with Crippen LogP contribution in [-0.4, -0.2) is 22.1 Å². The van der Waals surface area contributed by atoms with Gasteiger partial charge in [-0.1, -0.05) is 71.2 Å². The highest BCUT2D eigenvalue weighted by atomic mass is 35.6. The number of ether oxygens (including phenoxy) is 1. The minimum Gasteiger partial charge on any atom is -0.421 e. The smallest absolute Gasteiger partial charge is 0.413 e. The number of alkyl halides is 3. The van der Waals surface area contributed by atoms with E-state index >= 15 is 0 Å². The quantitative estimate of drug-likeness (QED) is 0.510. The molecule has 3 N–H and O–H groups in total. The van der Waals surface area contributed by atoms with Crippen LogP contribution in [0.4, 0.5) is 21.0 Å². The molecule has 0 radical (unpaired) electrons. The summed E-state index contributed by atoms with van der Waals surface area (Å²) in [6.07, 6.45) is -2.40. The van der Waals surface area contributed by atoms with Crippen LogP contribution in [-0.2, 0) is 4.74 Å². The Balaban J connectivity index is 1.96. The molecule has 6 nitrogen and oxygen atoms in total. The van der Waals surface area contributed by atoms with Crippen LogP contribution >= 0.6 is 34.8 Å². The lowest BCUT2D eigenvalue weighted by Gasteiger charge is -2.25. The molecule has 2 aromatic rings. The minimum atomic E-state index is -2.07. The normalized spacial score (nSPS) is 12.0. The van der Waals surface area contributed by atoms with Gasteiger partial charge in [-0.2, -0.15) is 0 Å². The Morgan fingerprint density at radius 2 is 1.32 bits per heavy atom. The lowest BCUT2D eigenvalue weighted by atomic mass is 10.3. The van der Waals surface area contributed by atoms with Crippen molar-refractivity contribution in [2.75, 3.05) is 10.6 Å². The summed E-state index contributed by atoms with van der Waals surface area (Å²) in [6.45, 7) is 0. The van der Waals surface area contributed by atoms with Gasteiger partial charge in [0.2, 0.25) is 10.0 Å². The summed E-state index contributed by atoms with van der Waals surface area (Å²) in [5.41, 5.74) is 1.01. The van der Waals surface area contributed by atoms with Gasteiger partial charge in [0.1, 0.15) is 0 Å². The molecule has 0 heterocycles. The molecule has 0 fully saturated rings. The number of carbonyl (C=O) groups is 2. The summed E-state index contributed by atoms with van der Waals surface area (Å²) in [5.74, 6) is 0. The first kappa shape index (κ1) is 19.2. The van der Waals surface area contributed by atoms with Gasteiger partial charge in [-0.15, -0.1) is 0 Å². The van der Waals surface area contributed by atoms with Crippen molar-refractivity contribution >= 4 is 58.3 Å². The predicted octanol–water partition coefficient (Wildman–Crippen LogP) is 4.75. The van der Waals surface area contributed by atoms with Crippen LogP contribution in [0.3, 0.4) is 0 Å². The number of para-hydroxylation sites is 2. The Hall–Kier alpha value is -2.15. The number of carbonyl (C=O) groups excluding carboxylic acids is 2. The maximum atomic E-state index is 12.0. The van der Waals surface area contributed by atoms with Crippen LogP contribution in [0.15, 0.2) is 60.7 Å². The van der Waals surface area contributed by atoms with E-state index in [-0.39, 0.29) is 0 Å². The molecule has 0 bridgehead atoms. The molecule has 9 heteroatoms. The first-order chi connectivity index (χ1) is 11.8. The second-order valence-corrected chi connectivity index (χ2v) is 7.15. The zero-order valence-electron chi connectivity index (χ0n) is 12.7. The van der Waals surface area contributed by atoms with E-state index in [9.17, 15) is 9.59 Å². The zero-order chi connectivity index (χ0) is 18.3. The molecule has 0 aromatic heterocycles. The molecule has 0 aliphatic rings. The minimum absolute atomic E-state index is 0.490. The van der Waals surface area contributed by atoms with Gasteiger partial charge in [0.25, 0.3) is 0 Å². The Morgan fingerprint density at radius 1 is 0.840 bits per heavy atom. The third-order valence-corrected chi connectivity index (χ3v) is 3.43. The van der Waals surface area contributed by atoms with Crippen molar-refractivity contribution in [2.24, 2.45) is 0 Å². The monoisotopic (exact) mass is 401 g/mol. The van der Waals surface area contributed by atoms with E-state index in [4.69, 9.17) is 39.5 Å². The van der Waals surface area contributed by atoms with Gasteiger partial charge in [0.15, 0.2) is 0 Å². The number of hydrogen-bond donors (Lipinski definition) is 3. The third kappa shape index (κ3) is 6.70. The number of anilines is 2. The molecule has 3 amide bonds. The molecule has 2 rings (SSSR count). The van der Waals surface area contributed by atoms with E-state index in [1.807, 2.05) is 0 Å². The SMILES string of the molecule is O=C(Nc1ccccc1)N[C@@H](OC(=O)Nc1ccccc1)C(Cl)(Cl)Cl. The van der Waals surface area contributed by atoms with Gasteiger partial charge in [-0.05, 0) is 24.3 Å². The van der Waals surface area contributed by atoms with E-state index in [1.165, 1.54) is 0 Å². The maximum absolute atomic E-state index is 12.0. The van der Waals surface area contributed by atoms with E-state index in [1.54, 1.807) is 60.7 Å². The van der Waals surface area contributed by atoms with E-state index in [0.29, 0.717) is 11.4 Å². The first-order valence-corrected chi connectivity index (χ1v) is 8.20. The standard InChI is InChI=1S/C16H14Cl3N3O3/c17-16(18,19)13(22-14(23)20-11-7-3-1-4-8-11)25-15(24)21-12-9-5-2-6-10-12/h1-10,13H,(H,21,24)(H2,20,22,23)/t13-/m0/s1. The lowest BCUT2D eigenvalue weighted by molar-refractivity contribution is 0.0985. The molecular weight excluding hydrogens is 389 g/mol. The van der Waals surface area contributed by atoms with Crippen LogP contribution < -0.4 is 16.0 Å². The fourth-order valence-electron chi connectivity index (χ4n) is 1.76. The van der Waals surface area contributed by atoms with E-state index in [2.05, 4.69) is 16.0 Å². The van der Waals surface area contributed by atoms with Crippen LogP contribution in [0.1, 0.15) is 0 Å². The predicted molar refractivity (Wildman–Crippen MR) is 99.2 cm³/mol. The molecule has 0 aliphatic carbocycles. The lowest BCUT2D eigenvalue weighted by Crippen LogP contribution is -2.48. The summed E-state index contributed by atoms with van der Waals surface area (Å²) in [6, 6.07) is 16.5. The highest BCUT2D eigenvalue weighted by molar-refractivity contribution is 6.68. The number of benzene rings is 2. The summed E-state index contributed by atoms with van der Waals surface area (Å²) in [5, 5.41) is 7.28. The van der Waals surface area contributed by atoms with Crippen LogP contribution in [0.2, 0.25) is 0 Å². The Labute approximate surface area is 159 Å². The van der Waals surface area contributed by atoms with Gasteiger partial charge >= 0.3 is 12.1 Å². The van der Waals surface area contributed by atoms with Crippen LogP contribution in [0.5, 0.6) is 0 Å². The van der Waals surface area contributed by atoms with Gasteiger partial charge in [0, 0.05) is 11.4 Å². The largest absolute Gasteiger partial charge is 0.421 e. The van der Waals surface area contributed by atoms with Gasteiger partial charge in [0.05, 0.1) is 0 Å². The van der Waals surface area contributed by atoms with Crippen molar-refractivity contribution in [1.29, 1.82) is 0 Å². The second kappa shape index (κ2) is 8.80. The number of hydrogen-bond acceptors (Lipinski definition) is 3. The molecule has 0 spiro atoms. The first-order valence-electron chi connectivity index (χ1n) is 7.06. The van der Waals surface area contributed by atoms with E-state index in [0.717, 1.165) is 0 Å². The molecule has 0 unspecified atom stereocenters. The zero-order valence-corrected chi connectivity index (χ0v) is 15.0. The van der Waals surface area contributed by atoms with Crippen molar-refractivity contribution < 1.29 is 14.3 Å². The topological polar surface area (TPSA) is 79.5 Å². The van der Waals surface area contributed by atoms with E-state index < -0.39 is 22.1 Å². The summed E-state index contributed by atoms with van der Waals surface area (Å²) < 4.78 is 2.94. The van der Waals surface area contributed by atoms with Crippen molar-refractivity contribution in [1.82, 2.24) is 5.32 Å². The fraction of sp³-hybridized carbons (Fsp3) is 0.125. The highest BCUT2D eigenvalue weighted by Crippen LogP contribution is 2.31.